The molecule has 0 saturated carbocycles. The molecule has 2 aromatic rings. The van der Waals surface area contributed by atoms with Crippen molar-refractivity contribution in [3.05, 3.63) is 65.2 Å². The summed E-state index contributed by atoms with van der Waals surface area (Å²) in [6.45, 7) is 0.874. The Morgan fingerprint density at radius 2 is 1.75 bits per heavy atom. The van der Waals surface area contributed by atoms with Crippen LogP contribution in [0, 0.1) is 0 Å². The summed E-state index contributed by atoms with van der Waals surface area (Å²) in [7, 11) is 0. The van der Waals surface area contributed by atoms with Crippen LogP contribution in [0.3, 0.4) is 0 Å². The van der Waals surface area contributed by atoms with Crippen LogP contribution < -0.4 is 0 Å². The lowest BCUT2D eigenvalue weighted by Gasteiger charge is -2.11. The van der Waals surface area contributed by atoms with Gasteiger partial charge in [0.15, 0.2) is 0 Å². The monoisotopic (exact) mass is 308 g/mol. The molecule has 0 aromatic heterocycles. The highest BCUT2D eigenvalue weighted by atomic mass is 35.5. The van der Waals surface area contributed by atoms with E-state index < -0.39 is 6.10 Å². The summed E-state index contributed by atoms with van der Waals surface area (Å²) in [5.41, 5.74) is 1.12. The summed E-state index contributed by atoms with van der Waals surface area (Å²) in [5, 5.41) is 10.6. The Hall–Kier alpha value is -1.00. The average Bonchev–Trinajstić information content (AvgIpc) is 2.48. The SMILES string of the molecule is OC(COCc1ccccc1)CSc1ccc(Cl)cc1. The standard InChI is InChI=1S/C16H17ClO2S/c17-14-6-8-16(9-7-14)20-12-15(18)11-19-10-13-4-2-1-3-5-13/h1-9,15,18H,10-12H2. The van der Waals surface area contributed by atoms with Gasteiger partial charge in [0.2, 0.25) is 0 Å². The molecule has 0 aliphatic heterocycles. The van der Waals surface area contributed by atoms with Crippen LogP contribution in [-0.2, 0) is 11.3 Å². The number of hydrogen-bond donors (Lipinski definition) is 1. The van der Waals surface area contributed by atoms with Gasteiger partial charge in [0.25, 0.3) is 0 Å². The number of hydrogen-bond acceptors (Lipinski definition) is 3. The smallest absolute Gasteiger partial charge is 0.0867 e. The fraction of sp³-hybridized carbons (Fsp3) is 0.250. The predicted molar refractivity (Wildman–Crippen MR) is 84.3 cm³/mol. The molecule has 0 aliphatic rings. The van der Waals surface area contributed by atoms with Crippen molar-refractivity contribution in [2.75, 3.05) is 12.4 Å². The zero-order valence-corrected chi connectivity index (χ0v) is 12.6. The lowest BCUT2D eigenvalue weighted by molar-refractivity contribution is 0.0398. The van der Waals surface area contributed by atoms with Gasteiger partial charge in [-0.3, -0.25) is 0 Å². The van der Waals surface area contributed by atoms with Crippen LogP contribution in [0.5, 0.6) is 0 Å². The van der Waals surface area contributed by atoms with E-state index in [1.54, 1.807) is 11.8 Å². The van der Waals surface area contributed by atoms with Crippen molar-refractivity contribution < 1.29 is 9.84 Å². The maximum Gasteiger partial charge on any atom is 0.0867 e. The molecule has 1 N–H and O–H groups in total. The number of rotatable bonds is 7. The molecule has 0 radical (unpaired) electrons. The van der Waals surface area contributed by atoms with Crippen LogP contribution in [0.1, 0.15) is 5.56 Å². The van der Waals surface area contributed by atoms with Gasteiger partial charge >= 0.3 is 0 Å². The maximum atomic E-state index is 9.87. The number of aliphatic hydroxyl groups is 1. The van der Waals surface area contributed by atoms with Crippen molar-refractivity contribution >= 4 is 23.4 Å². The molecule has 106 valence electrons. The van der Waals surface area contributed by atoms with E-state index in [0.29, 0.717) is 19.0 Å². The molecule has 0 amide bonds. The van der Waals surface area contributed by atoms with E-state index in [1.165, 1.54) is 0 Å². The summed E-state index contributed by atoms with van der Waals surface area (Å²) in [6, 6.07) is 17.5. The maximum absolute atomic E-state index is 9.87. The largest absolute Gasteiger partial charge is 0.390 e. The van der Waals surface area contributed by atoms with Gasteiger partial charge in [0, 0.05) is 15.7 Å². The molecule has 2 rings (SSSR count). The van der Waals surface area contributed by atoms with Gasteiger partial charge in [-0.25, -0.2) is 0 Å². The summed E-state index contributed by atoms with van der Waals surface area (Å²) >= 11 is 7.42. The highest BCUT2D eigenvalue weighted by Gasteiger charge is 2.05. The number of halogens is 1. The number of thioether (sulfide) groups is 1. The van der Waals surface area contributed by atoms with E-state index in [0.717, 1.165) is 15.5 Å². The van der Waals surface area contributed by atoms with E-state index in [2.05, 4.69) is 0 Å². The van der Waals surface area contributed by atoms with Crippen LogP contribution in [-0.4, -0.2) is 23.6 Å². The normalized spacial score (nSPS) is 12.3. The second kappa shape index (κ2) is 8.32. The minimum absolute atomic E-state index is 0.343. The first-order chi connectivity index (χ1) is 9.74. The van der Waals surface area contributed by atoms with Crippen molar-refractivity contribution in [3.63, 3.8) is 0 Å². The summed E-state index contributed by atoms with van der Waals surface area (Å²) in [6.07, 6.45) is -0.473. The Morgan fingerprint density at radius 1 is 1.05 bits per heavy atom. The van der Waals surface area contributed by atoms with E-state index in [-0.39, 0.29) is 0 Å². The zero-order valence-electron chi connectivity index (χ0n) is 11.0. The predicted octanol–water partition coefficient (Wildman–Crippen LogP) is 4.01. The van der Waals surface area contributed by atoms with Crippen molar-refractivity contribution in [1.82, 2.24) is 0 Å². The molecule has 0 fully saturated rings. The minimum atomic E-state index is -0.473. The molecular formula is C16H17ClO2S. The third kappa shape index (κ3) is 5.55. The number of ether oxygens (including phenoxy) is 1. The second-order valence-electron chi connectivity index (χ2n) is 4.42. The third-order valence-corrected chi connectivity index (χ3v) is 4.09. The van der Waals surface area contributed by atoms with Gasteiger partial charge in [-0.1, -0.05) is 41.9 Å². The van der Waals surface area contributed by atoms with E-state index in [1.807, 2.05) is 54.6 Å². The first-order valence-corrected chi connectivity index (χ1v) is 7.78. The fourth-order valence-electron chi connectivity index (χ4n) is 1.66. The Bertz CT molecular complexity index is 502. The molecule has 2 aromatic carbocycles. The first-order valence-electron chi connectivity index (χ1n) is 6.42. The van der Waals surface area contributed by atoms with Gasteiger partial charge in [-0.2, -0.15) is 0 Å². The summed E-state index contributed by atoms with van der Waals surface area (Å²) < 4.78 is 5.50. The molecule has 2 nitrogen and oxygen atoms in total. The highest BCUT2D eigenvalue weighted by Crippen LogP contribution is 2.21. The third-order valence-electron chi connectivity index (χ3n) is 2.68. The Morgan fingerprint density at radius 3 is 2.45 bits per heavy atom. The van der Waals surface area contributed by atoms with Crippen molar-refractivity contribution in [2.24, 2.45) is 0 Å². The average molecular weight is 309 g/mol. The van der Waals surface area contributed by atoms with E-state index in [9.17, 15) is 5.11 Å². The molecule has 20 heavy (non-hydrogen) atoms. The molecule has 0 spiro atoms. The van der Waals surface area contributed by atoms with Crippen LogP contribution >= 0.6 is 23.4 Å². The van der Waals surface area contributed by atoms with Crippen LogP contribution in [0.2, 0.25) is 5.02 Å². The van der Waals surface area contributed by atoms with E-state index in [4.69, 9.17) is 16.3 Å². The van der Waals surface area contributed by atoms with Crippen LogP contribution in [0.25, 0.3) is 0 Å². The lowest BCUT2D eigenvalue weighted by Crippen LogP contribution is -2.17. The van der Waals surface area contributed by atoms with Crippen molar-refractivity contribution in [1.29, 1.82) is 0 Å². The van der Waals surface area contributed by atoms with Crippen molar-refractivity contribution in [2.45, 2.75) is 17.6 Å². The van der Waals surface area contributed by atoms with Crippen LogP contribution in [0.4, 0.5) is 0 Å². The molecule has 1 unspecified atom stereocenters. The first kappa shape index (κ1) is 15.4. The molecular weight excluding hydrogens is 292 g/mol. The number of aliphatic hydroxyl groups excluding tert-OH is 1. The van der Waals surface area contributed by atoms with Gasteiger partial charge in [-0.05, 0) is 29.8 Å². The molecule has 4 heteroatoms. The van der Waals surface area contributed by atoms with Gasteiger partial charge in [-0.15, -0.1) is 11.8 Å². The zero-order chi connectivity index (χ0) is 14.2. The topological polar surface area (TPSA) is 29.5 Å². The quantitative estimate of drug-likeness (QED) is 0.784. The molecule has 0 saturated heterocycles. The molecule has 0 heterocycles. The fourth-order valence-corrected chi connectivity index (χ4v) is 2.59. The summed E-state index contributed by atoms with van der Waals surface area (Å²) in [4.78, 5) is 1.09. The van der Waals surface area contributed by atoms with E-state index >= 15 is 0 Å². The molecule has 0 bridgehead atoms. The summed E-state index contributed by atoms with van der Waals surface area (Å²) in [5.74, 6) is 0.608. The minimum Gasteiger partial charge on any atom is -0.390 e. The van der Waals surface area contributed by atoms with Gasteiger partial charge in [0.05, 0.1) is 19.3 Å². The van der Waals surface area contributed by atoms with Crippen LogP contribution in [0.15, 0.2) is 59.5 Å². The Balaban J connectivity index is 1.65. The Kier molecular flexibility index (Phi) is 6.40. The second-order valence-corrected chi connectivity index (χ2v) is 5.95. The highest BCUT2D eigenvalue weighted by molar-refractivity contribution is 7.99. The number of benzene rings is 2. The Labute approximate surface area is 128 Å². The van der Waals surface area contributed by atoms with Gasteiger partial charge in [0.1, 0.15) is 0 Å². The lowest BCUT2D eigenvalue weighted by atomic mass is 10.2. The molecule has 0 aliphatic carbocycles. The van der Waals surface area contributed by atoms with Crippen molar-refractivity contribution in [3.8, 4) is 0 Å². The van der Waals surface area contributed by atoms with Gasteiger partial charge < -0.3 is 9.84 Å². The molecule has 1 atom stereocenters.